The second kappa shape index (κ2) is 5.15. The van der Waals surface area contributed by atoms with Gasteiger partial charge in [0.1, 0.15) is 0 Å². The lowest BCUT2D eigenvalue weighted by Gasteiger charge is -2.07. The second-order valence-corrected chi connectivity index (χ2v) is 7.35. The SMILES string of the molecule is Cc1cc(C(=O)c2cc(Br)cc(N)c2C)sc1Br. The summed E-state index contributed by atoms with van der Waals surface area (Å²) < 4.78 is 1.81. The minimum Gasteiger partial charge on any atom is -0.398 e. The molecule has 0 aliphatic heterocycles. The first-order valence-electron chi connectivity index (χ1n) is 5.26. The Morgan fingerprint density at radius 1 is 1.22 bits per heavy atom. The number of thiophene rings is 1. The summed E-state index contributed by atoms with van der Waals surface area (Å²) >= 11 is 8.25. The van der Waals surface area contributed by atoms with Gasteiger partial charge < -0.3 is 5.73 Å². The first-order chi connectivity index (χ1) is 8.40. The lowest BCUT2D eigenvalue weighted by atomic mass is 10.0. The highest BCUT2D eigenvalue weighted by Gasteiger charge is 2.17. The van der Waals surface area contributed by atoms with E-state index in [1.54, 1.807) is 0 Å². The second-order valence-electron chi connectivity index (χ2n) is 4.06. The molecule has 2 N–H and O–H groups in total. The van der Waals surface area contributed by atoms with Crippen LogP contribution in [0, 0.1) is 13.8 Å². The van der Waals surface area contributed by atoms with Crippen molar-refractivity contribution in [1.29, 1.82) is 0 Å². The Balaban J connectivity index is 2.52. The maximum absolute atomic E-state index is 12.5. The molecule has 1 aromatic carbocycles. The number of ketones is 1. The van der Waals surface area contributed by atoms with Crippen LogP contribution in [0.4, 0.5) is 5.69 Å². The topological polar surface area (TPSA) is 43.1 Å². The Morgan fingerprint density at radius 2 is 1.89 bits per heavy atom. The molecule has 0 saturated carbocycles. The number of hydrogen-bond donors (Lipinski definition) is 1. The van der Waals surface area contributed by atoms with Crippen molar-refractivity contribution in [2.24, 2.45) is 0 Å². The van der Waals surface area contributed by atoms with Crippen molar-refractivity contribution >= 4 is 54.7 Å². The van der Waals surface area contributed by atoms with Gasteiger partial charge >= 0.3 is 0 Å². The molecule has 2 nitrogen and oxygen atoms in total. The molecule has 2 aromatic rings. The van der Waals surface area contributed by atoms with E-state index in [0.29, 0.717) is 11.3 Å². The average molecular weight is 389 g/mol. The molecule has 0 amide bonds. The summed E-state index contributed by atoms with van der Waals surface area (Å²) in [5.41, 5.74) is 9.06. The average Bonchev–Trinajstić information content (AvgIpc) is 2.63. The van der Waals surface area contributed by atoms with Crippen LogP contribution in [0.3, 0.4) is 0 Å². The van der Waals surface area contributed by atoms with E-state index in [-0.39, 0.29) is 5.78 Å². The molecule has 0 spiro atoms. The number of aryl methyl sites for hydroxylation is 1. The number of carbonyl (C=O) groups excluding carboxylic acids is 1. The van der Waals surface area contributed by atoms with Crippen molar-refractivity contribution in [3.8, 4) is 0 Å². The Bertz CT molecular complexity index is 615. The molecule has 1 aromatic heterocycles. The Labute approximate surface area is 126 Å². The number of hydrogen-bond acceptors (Lipinski definition) is 3. The first kappa shape index (κ1) is 13.8. The monoisotopic (exact) mass is 387 g/mol. The lowest BCUT2D eigenvalue weighted by molar-refractivity contribution is 0.104. The van der Waals surface area contributed by atoms with Crippen LogP contribution < -0.4 is 5.73 Å². The van der Waals surface area contributed by atoms with E-state index in [1.807, 2.05) is 32.0 Å². The zero-order valence-corrected chi connectivity index (χ0v) is 13.9. The van der Waals surface area contributed by atoms with Crippen LogP contribution in [0.2, 0.25) is 0 Å². The van der Waals surface area contributed by atoms with Gasteiger partial charge in [-0.15, -0.1) is 11.3 Å². The molecule has 18 heavy (non-hydrogen) atoms. The number of nitrogens with two attached hydrogens (primary N) is 1. The fraction of sp³-hybridized carbons (Fsp3) is 0.154. The minimum absolute atomic E-state index is 0.0132. The third kappa shape index (κ3) is 2.53. The number of carbonyl (C=O) groups is 1. The molecule has 0 fully saturated rings. The van der Waals surface area contributed by atoms with E-state index in [1.165, 1.54) is 11.3 Å². The van der Waals surface area contributed by atoms with Crippen LogP contribution in [0.25, 0.3) is 0 Å². The van der Waals surface area contributed by atoms with Crippen molar-refractivity contribution in [3.63, 3.8) is 0 Å². The predicted molar refractivity (Wildman–Crippen MR) is 83.5 cm³/mol. The summed E-state index contributed by atoms with van der Waals surface area (Å²) in [6.45, 7) is 3.84. The number of halogens is 2. The summed E-state index contributed by atoms with van der Waals surface area (Å²) in [5.74, 6) is 0.0132. The third-order valence-electron chi connectivity index (χ3n) is 2.74. The molecule has 0 radical (unpaired) electrons. The quantitative estimate of drug-likeness (QED) is 0.598. The molecule has 0 unspecified atom stereocenters. The van der Waals surface area contributed by atoms with Crippen molar-refractivity contribution in [2.45, 2.75) is 13.8 Å². The third-order valence-corrected chi connectivity index (χ3v) is 5.33. The number of anilines is 1. The molecular formula is C13H11Br2NOS. The Hall–Kier alpha value is -0.650. The van der Waals surface area contributed by atoms with Gasteiger partial charge in [-0.3, -0.25) is 4.79 Å². The molecule has 0 saturated heterocycles. The van der Waals surface area contributed by atoms with E-state index in [0.717, 1.165) is 24.3 Å². The molecule has 0 bridgehead atoms. The van der Waals surface area contributed by atoms with Crippen LogP contribution in [0.5, 0.6) is 0 Å². The van der Waals surface area contributed by atoms with Gasteiger partial charge in [0.2, 0.25) is 5.78 Å². The van der Waals surface area contributed by atoms with Crippen molar-refractivity contribution in [3.05, 3.63) is 48.0 Å². The lowest BCUT2D eigenvalue weighted by Crippen LogP contribution is -2.04. The van der Waals surface area contributed by atoms with Gasteiger partial charge in [0.25, 0.3) is 0 Å². The molecule has 0 aliphatic carbocycles. The molecule has 5 heteroatoms. The summed E-state index contributed by atoms with van der Waals surface area (Å²) in [7, 11) is 0. The van der Waals surface area contributed by atoms with Crippen LogP contribution in [-0.2, 0) is 0 Å². The molecule has 1 heterocycles. The normalized spacial score (nSPS) is 10.7. The largest absolute Gasteiger partial charge is 0.398 e. The van der Waals surface area contributed by atoms with Crippen LogP contribution in [0.15, 0.2) is 26.5 Å². The van der Waals surface area contributed by atoms with Gasteiger partial charge in [-0.1, -0.05) is 15.9 Å². The zero-order chi connectivity index (χ0) is 13.4. The highest BCUT2D eigenvalue weighted by atomic mass is 79.9. The van der Waals surface area contributed by atoms with Crippen molar-refractivity contribution < 1.29 is 4.79 Å². The van der Waals surface area contributed by atoms with Crippen LogP contribution in [-0.4, -0.2) is 5.78 Å². The van der Waals surface area contributed by atoms with E-state index in [4.69, 9.17) is 5.73 Å². The predicted octanol–water partition coefficient (Wildman–Crippen LogP) is 4.70. The zero-order valence-electron chi connectivity index (χ0n) is 9.88. The molecular weight excluding hydrogens is 378 g/mol. The van der Waals surface area contributed by atoms with Crippen LogP contribution >= 0.6 is 43.2 Å². The van der Waals surface area contributed by atoms with Crippen molar-refractivity contribution in [1.82, 2.24) is 0 Å². The molecule has 0 aliphatic rings. The first-order valence-corrected chi connectivity index (χ1v) is 7.66. The van der Waals surface area contributed by atoms with Crippen LogP contribution in [0.1, 0.15) is 26.4 Å². The summed E-state index contributed by atoms with van der Waals surface area (Å²) in [4.78, 5) is 13.2. The van der Waals surface area contributed by atoms with E-state index in [9.17, 15) is 4.79 Å². The minimum atomic E-state index is 0.0132. The fourth-order valence-corrected chi connectivity index (χ4v) is 3.60. The maximum Gasteiger partial charge on any atom is 0.203 e. The van der Waals surface area contributed by atoms with Gasteiger partial charge in [0.05, 0.1) is 8.66 Å². The van der Waals surface area contributed by atoms with E-state index >= 15 is 0 Å². The van der Waals surface area contributed by atoms with E-state index < -0.39 is 0 Å². The highest BCUT2D eigenvalue weighted by Crippen LogP contribution is 2.31. The standard InChI is InChI=1S/C13H11Br2NOS/c1-6-3-11(18-13(6)15)12(17)9-4-8(14)5-10(16)7(9)2/h3-5H,16H2,1-2H3. The van der Waals surface area contributed by atoms with Gasteiger partial charge in [-0.25, -0.2) is 0 Å². The van der Waals surface area contributed by atoms with Gasteiger partial charge in [-0.05, 0) is 59.1 Å². The number of benzene rings is 1. The summed E-state index contributed by atoms with van der Waals surface area (Å²) in [5, 5.41) is 0. The van der Waals surface area contributed by atoms with Gasteiger partial charge in [0.15, 0.2) is 0 Å². The smallest absolute Gasteiger partial charge is 0.203 e. The molecule has 0 atom stereocenters. The van der Waals surface area contributed by atoms with E-state index in [2.05, 4.69) is 31.9 Å². The number of rotatable bonds is 2. The number of nitrogen functional groups attached to an aromatic ring is 1. The fourth-order valence-electron chi connectivity index (χ4n) is 1.64. The van der Waals surface area contributed by atoms with Gasteiger partial charge in [0, 0.05) is 15.7 Å². The highest BCUT2D eigenvalue weighted by molar-refractivity contribution is 9.11. The summed E-state index contributed by atoms with van der Waals surface area (Å²) in [6.07, 6.45) is 0. The molecule has 94 valence electrons. The van der Waals surface area contributed by atoms with Crippen molar-refractivity contribution in [2.75, 3.05) is 5.73 Å². The maximum atomic E-state index is 12.5. The Kier molecular flexibility index (Phi) is 3.94. The van der Waals surface area contributed by atoms with Gasteiger partial charge in [-0.2, -0.15) is 0 Å². The summed E-state index contributed by atoms with van der Waals surface area (Å²) in [6, 6.07) is 5.52. The molecule has 2 rings (SSSR count). The Morgan fingerprint density at radius 3 is 2.44 bits per heavy atom.